The van der Waals surface area contributed by atoms with Crippen molar-refractivity contribution < 1.29 is 23.9 Å². The summed E-state index contributed by atoms with van der Waals surface area (Å²) in [5.74, 6) is -0.444. The number of morpholine rings is 1. The molecular weight excluding hydrogens is 436 g/mol. The van der Waals surface area contributed by atoms with E-state index in [0.717, 1.165) is 25.3 Å². The lowest BCUT2D eigenvalue weighted by Crippen LogP contribution is -2.41. The van der Waals surface area contributed by atoms with E-state index < -0.39 is 5.92 Å². The van der Waals surface area contributed by atoms with Crippen LogP contribution in [0, 0.1) is 5.92 Å². The first kappa shape index (κ1) is 23.7. The van der Waals surface area contributed by atoms with Crippen molar-refractivity contribution in [3.63, 3.8) is 0 Å². The van der Waals surface area contributed by atoms with E-state index >= 15 is 0 Å². The van der Waals surface area contributed by atoms with Crippen molar-refractivity contribution in [1.82, 2.24) is 10.2 Å². The highest BCUT2D eigenvalue weighted by atomic mass is 16.5. The highest BCUT2D eigenvalue weighted by molar-refractivity contribution is 6.07. The first-order valence-electron chi connectivity index (χ1n) is 11.5. The third-order valence-corrected chi connectivity index (χ3v) is 6.13. The van der Waals surface area contributed by atoms with Crippen LogP contribution in [0.2, 0.25) is 0 Å². The Morgan fingerprint density at radius 3 is 2.56 bits per heavy atom. The number of rotatable bonds is 8. The van der Waals surface area contributed by atoms with Gasteiger partial charge in [0, 0.05) is 44.8 Å². The second-order valence-electron chi connectivity index (χ2n) is 8.35. The van der Waals surface area contributed by atoms with Crippen LogP contribution >= 0.6 is 0 Å². The molecule has 0 spiro atoms. The van der Waals surface area contributed by atoms with Crippen LogP contribution in [-0.4, -0.2) is 75.7 Å². The van der Waals surface area contributed by atoms with Crippen molar-refractivity contribution in [2.45, 2.75) is 6.42 Å². The highest BCUT2D eigenvalue weighted by Crippen LogP contribution is 2.28. The van der Waals surface area contributed by atoms with E-state index in [9.17, 15) is 14.4 Å². The molecule has 0 saturated carbocycles. The van der Waals surface area contributed by atoms with E-state index in [4.69, 9.17) is 9.47 Å². The van der Waals surface area contributed by atoms with Gasteiger partial charge in [0.25, 0.3) is 5.91 Å². The van der Waals surface area contributed by atoms with Crippen LogP contribution in [-0.2, 0) is 14.3 Å². The molecule has 34 heavy (non-hydrogen) atoms. The number of hydrogen-bond acceptors (Lipinski definition) is 6. The summed E-state index contributed by atoms with van der Waals surface area (Å²) < 4.78 is 10.5. The first-order valence-corrected chi connectivity index (χ1v) is 11.5. The van der Waals surface area contributed by atoms with Crippen LogP contribution < -0.4 is 20.3 Å². The largest absolute Gasteiger partial charge is 0.497 e. The minimum atomic E-state index is -0.507. The second-order valence-corrected chi connectivity index (χ2v) is 8.35. The van der Waals surface area contributed by atoms with Gasteiger partial charge in [-0.25, -0.2) is 0 Å². The fraction of sp³-hybridized carbons (Fsp3) is 0.400. The summed E-state index contributed by atoms with van der Waals surface area (Å²) in [7, 11) is 1.58. The molecule has 2 aliphatic heterocycles. The standard InChI is InChI=1S/C25H30N4O5/c1-33-20-8-6-19(7-9-20)29-17-18(16-23(29)30)24(31)27-22-5-3-2-4-21(22)25(32)26-10-11-28-12-14-34-15-13-28/h2-9,18H,10-17H2,1H3,(H,26,32)(H,27,31). The summed E-state index contributed by atoms with van der Waals surface area (Å²) in [6.45, 7) is 4.67. The van der Waals surface area contributed by atoms with Gasteiger partial charge in [0.1, 0.15) is 5.75 Å². The van der Waals surface area contributed by atoms with Gasteiger partial charge in [-0.3, -0.25) is 19.3 Å². The van der Waals surface area contributed by atoms with Gasteiger partial charge in [-0.05, 0) is 36.4 Å². The van der Waals surface area contributed by atoms with Gasteiger partial charge in [-0.2, -0.15) is 0 Å². The summed E-state index contributed by atoms with van der Waals surface area (Å²) >= 11 is 0. The van der Waals surface area contributed by atoms with Gasteiger partial charge < -0.3 is 25.0 Å². The summed E-state index contributed by atoms with van der Waals surface area (Å²) in [5, 5.41) is 5.79. The monoisotopic (exact) mass is 466 g/mol. The number of nitrogens with zero attached hydrogens (tertiary/aromatic N) is 2. The van der Waals surface area contributed by atoms with Gasteiger partial charge in [-0.1, -0.05) is 12.1 Å². The number of carbonyl (C=O) groups is 3. The molecule has 180 valence electrons. The number of benzene rings is 2. The van der Waals surface area contributed by atoms with Crippen molar-refractivity contribution >= 4 is 29.1 Å². The predicted octanol–water partition coefficient (Wildman–Crippen LogP) is 1.75. The molecule has 2 aromatic rings. The van der Waals surface area contributed by atoms with Gasteiger partial charge in [0.05, 0.1) is 37.5 Å². The number of nitrogens with one attached hydrogen (secondary N) is 2. The lowest BCUT2D eigenvalue weighted by Gasteiger charge is -2.26. The number of carbonyl (C=O) groups excluding carboxylic acids is 3. The van der Waals surface area contributed by atoms with Gasteiger partial charge in [0.2, 0.25) is 11.8 Å². The Bertz CT molecular complexity index is 1020. The zero-order chi connectivity index (χ0) is 23.9. The third-order valence-electron chi connectivity index (χ3n) is 6.13. The molecule has 2 aromatic carbocycles. The van der Waals surface area contributed by atoms with E-state index in [0.29, 0.717) is 36.8 Å². The van der Waals surface area contributed by atoms with Crippen molar-refractivity contribution in [2.24, 2.45) is 5.92 Å². The summed E-state index contributed by atoms with van der Waals surface area (Å²) in [5.41, 5.74) is 1.56. The van der Waals surface area contributed by atoms with E-state index in [1.54, 1.807) is 60.5 Å². The maximum atomic E-state index is 13.0. The summed E-state index contributed by atoms with van der Waals surface area (Å²) in [6.07, 6.45) is 0.117. The van der Waals surface area contributed by atoms with Crippen molar-refractivity contribution in [3.8, 4) is 5.75 Å². The molecule has 0 aliphatic carbocycles. The molecule has 1 unspecified atom stereocenters. The molecule has 4 rings (SSSR count). The first-order chi connectivity index (χ1) is 16.5. The second kappa shape index (κ2) is 11.1. The Morgan fingerprint density at radius 2 is 1.82 bits per heavy atom. The topological polar surface area (TPSA) is 100 Å². The van der Waals surface area contributed by atoms with Crippen LogP contribution in [0.5, 0.6) is 5.75 Å². The quantitative estimate of drug-likeness (QED) is 0.615. The molecule has 1 atom stereocenters. The van der Waals surface area contributed by atoms with Gasteiger partial charge >= 0.3 is 0 Å². The Labute approximate surface area is 199 Å². The van der Waals surface area contributed by atoms with Gasteiger partial charge in [-0.15, -0.1) is 0 Å². The lowest BCUT2D eigenvalue weighted by molar-refractivity contribution is -0.122. The molecule has 2 saturated heterocycles. The zero-order valence-electron chi connectivity index (χ0n) is 19.3. The van der Waals surface area contributed by atoms with E-state index in [2.05, 4.69) is 15.5 Å². The summed E-state index contributed by atoms with van der Waals surface area (Å²) in [4.78, 5) is 42.1. The molecule has 0 radical (unpaired) electrons. The Morgan fingerprint density at radius 1 is 1.09 bits per heavy atom. The Hall–Kier alpha value is -3.43. The van der Waals surface area contributed by atoms with Crippen molar-refractivity contribution in [3.05, 3.63) is 54.1 Å². The van der Waals surface area contributed by atoms with E-state index in [1.165, 1.54) is 0 Å². The highest BCUT2D eigenvalue weighted by Gasteiger charge is 2.35. The minimum Gasteiger partial charge on any atom is -0.497 e. The molecule has 9 heteroatoms. The average molecular weight is 467 g/mol. The molecule has 0 aromatic heterocycles. The number of methoxy groups -OCH3 is 1. The molecule has 0 bridgehead atoms. The van der Waals surface area contributed by atoms with E-state index in [-0.39, 0.29) is 30.7 Å². The van der Waals surface area contributed by atoms with E-state index in [1.807, 2.05) is 0 Å². The summed E-state index contributed by atoms with van der Waals surface area (Å²) in [6, 6.07) is 14.1. The van der Waals surface area contributed by atoms with Crippen LogP contribution in [0.1, 0.15) is 16.8 Å². The van der Waals surface area contributed by atoms with Gasteiger partial charge in [0.15, 0.2) is 0 Å². The molecule has 2 heterocycles. The molecule has 2 N–H and O–H groups in total. The van der Waals surface area contributed by atoms with Crippen LogP contribution in [0.15, 0.2) is 48.5 Å². The van der Waals surface area contributed by atoms with Crippen LogP contribution in [0.3, 0.4) is 0 Å². The molecular formula is C25H30N4O5. The van der Waals surface area contributed by atoms with Crippen molar-refractivity contribution in [2.75, 3.05) is 63.3 Å². The normalized spacial score (nSPS) is 18.6. The number of anilines is 2. The number of amides is 3. The smallest absolute Gasteiger partial charge is 0.253 e. The molecule has 9 nitrogen and oxygen atoms in total. The fourth-order valence-electron chi connectivity index (χ4n) is 4.17. The van der Waals surface area contributed by atoms with Crippen LogP contribution in [0.25, 0.3) is 0 Å². The molecule has 2 aliphatic rings. The SMILES string of the molecule is COc1ccc(N2CC(C(=O)Nc3ccccc3C(=O)NCCN3CCOCC3)CC2=O)cc1. The molecule has 2 fully saturated rings. The maximum Gasteiger partial charge on any atom is 0.253 e. The van der Waals surface area contributed by atoms with Crippen molar-refractivity contribution in [1.29, 1.82) is 0 Å². The third kappa shape index (κ3) is 5.73. The minimum absolute atomic E-state index is 0.112. The average Bonchev–Trinajstić information content (AvgIpc) is 3.26. The Kier molecular flexibility index (Phi) is 7.76. The molecule has 3 amide bonds. The number of ether oxygens (including phenoxy) is 2. The zero-order valence-corrected chi connectivity index (χ0v) is 19.3. The number of para-hydroxylation sites is 1. The maximum absolute atomic E-state index is 13.0. The number of hydrogen-bond donors (Lipinski definition) is 2. The van der Waals surface area contributed by atoms with Crippen LogP contribution in [0.4, 0.5) is 11.4 Å². The predicted molar refractivity (Wildman–Crippen MR) is 128 cm³/mol. The Balaban J connectivity index is 1.34. The lowest BCUT2D eigenvalue weighted by atomic mass is 10.1. The fourth-order valence-corrected chi connectivity index (χ4v) is 4.17.